The number of hydrogen-bond donors (Lipinski definition) is 1. The number of phenols is 1. The summed E-state index contributed by atoms with van der Waals surface area (Å²) in [5.41, 5.74) is 0.115. The molecule has 17 heavy (non-hydrogen) atoms. The van der Waals surface area contributed by atoms with Crippen LogP contribution < -0.4 is 0 Å². The molecule has 1 N–H and O–H groups in total. The molecule has 1 aromatic carbocycles. The van der Waals surface area contributed by atoms with Crippen LogP contribution in [0.3, 0.4) is 0 Å². The predicted molar refractivity (Wildman–Crippen MR) is 61.4 cm³/mol. The van der Waals surface area contributed by atoms with Gasteiger partial charge < -0.3 is 14.6 Å². The van der Waals surface area contributed by atoms with Gasteiger partial charge in [-0.05, 0) is 24.6 Å². The van der Waals surface area contributed by atoms with Gasteiger partial charge in [-0.2, -0.15) is 0 Å². The SMILES string of the molecule is CO[C@]1(c2cc(O)cc(F)c2)CCO[C@@H](C)C1. The summed E-state index contributed by atoms with van der Waals surface area (Å²) in [7, 11) is 1.61. The monoisotopic (exact) mass is 240 g/mol. The van der Waals surface area contributed by atoms with Crippen molar-refractivity contribution in [3.05, 3.63) is 29.6 Å². The Kier molecular flexibility index (Phi) is 3.35. The highest BCUT2D eigenvalue weighted by molar-refractivity contribution is 5.33. The summed E-state index contributed by atoms with van der Waals surface area (Å²) in [6, 6.07) is 4.07. The lowest BCUT2D eigenvalue weighted by Gasteiger charge is -2.39. The topological polar surface area (TPSA) is 38.7 Å². The first-order valence-electron chi connectivity index (χ1n) is 5.72. The molecule has 0 spiro atoms. The molecule has 0 aromatic heterocycles. The second kappa shape index (κ2) is 4.63. The molecule has 1 aromatic rings. The number of aromatic hydroxyl groups is 1. The van der Waals surface area contributed by atoms with E-state index in [4.69, 9.17) is 9.47 Å². The first-order chi connectivity index (χ1) is 8.05. The van der Waals surface area contributed by atoms with E-state index in [2.05, 4.69) is 0 Å². The zero-order chi connectivity index (χ0) is 12.5. The molecule has 0 unspecified atom stereocenters. The van der Waals surface area contributed by atoms with E-state index in [-0.39, 0.29) is 11.9 Å². The van der Waals surface area contributed by atoms with Gasteiger partial charge in [0.15, 0.2) is 0 Å². The molecular weight excluding hydrogens is 223 g/mol. The predicted octanol–water partition coefficient (Wildman–Crippen LogP) is 2.57. The Hall–Kier alpha value is -1.13. The van der Waals surface area contributed by atoms with Gasteiger partial charge in [0, 0.05) is 26.0 Å². The Morgan fingerprint density at radius 2 is 2.24 bits per heavy atom. The molecule has 0 aliphatic carbocycles. The molecule has 94 valence electrons. The number of phenolic OH excluding ortho intramolecular Hbond substituents is 1. The maximum atomic E-state index is 13.3. The number of rotatable bonds is 2. The molecule has 1 aliphatic rings. The number of ether oxygens (including phenoxy) is 2. The lowest BCUT2D eigenvalue weighted by Crippen LogP contribution is -2.39. The van der Waals surface area contributed by atoms with Crippen LogP contribution in [0, 0.1) is 5.82 Å². The molecule has 2 rings (SSSR count). The summed E-state index contributed by atoms with van der Waals surface area (Å²) in [5.74, 6) is -0.522. The fraction of sp³-hybridized carbons (Fsp3) is 0.538. The molecule has 0 bridgehead atoms. The van der Waals surface area contributed by atoms with Crippen molar-refractivity contribution in [2.75, 3.05) is 13.7 Å². The van der Waals surface area contributed by atoms with Crippen molar-refractivity contribution >= 4 is 0 Å². The van der Waals surface area contributed by atoms with Crippen LogP contribution in [0.4, 0.5) is 4.39 Å². The first-order valence-corrected chi connectivity index (χ1v) is 5.72. The Bertz CT molecular complexity index is 387. The van der Waals surface area contributed by atoms with Gasteiger partial charge in [-0.1, -0.05) is 0 Å². The zero-order valence-corrected chi connectivity index (χ0v) is 10.1. The smallest absolute Gasteiger partial charge is 0.127 e. The van der Waals surface area contributed by atoms with Gasteiger partial charge in [-0.3, -0.25) is 0 Å². The van der Waals surface area contributed by atoms with Crippen LogP contribution in [-0.2, 0) is 15.1 Å². The van der Waals surface area contributed by atoms with Crippen LogP contribution in [0.5, 0.6) is 5.75 Å². The van der Waals surface area contributed by atoms with Crippen molar-refractivity contribution < 1.29 is 19.0 Å². The molecule has 0 radical (unpaired) electrons. The quantitative estimate of drug-likeness (QED) is 0.863. The van der Waals surface area contributed by atoms with Gasteiger partial charge in [0.2, 0.25) is 0 Å². The highest BCUT2D eigenvalue weighted by Crippen LogP contribution is 2.39. The lowest BCUT2D eigenvalue weighted by molar-refractivity contribution is -0.122. The minimum absolute atomic E-state index is 0.0640. The summed E-state index contributed by atoms with van der Waals surface area (Å²) in [6.07, 6.45) is 1.39. The summed E-state index contributed by atoms with van der Waals surface area (Å²) in [6.45, 7) is 2.54. The van der Waals surface area contributed by atoms with Gasteiger partial charge in [-0.25, -0.2) is 4.39 Å². The summed E-state index contributed by atoms with van der Waals surface area (Å²) in [4.78, 5) is 0. The van der Waals surface area contributed by atoms with Crippen molar-refractivity contribution in [1.29, 1.82) is 0 Å². The normalized spacial score (nSPS) is 29.2. The Morgan fingerprint density at radius 3 is 2.82 bits per heavy atom. The lowest BCUT2D eigenvalue weighted by atomic mass is 9.83. The molecule has 1 fully saturated rings. The second-order valence-corrected chi connectivity index (χ2v) is 4.53. The largest absolute Gasteiger partial charge is 0.508 e. The van der Waals surface area contributed by atoms with E-state index in [9.17, 15) is 9.50 Å². The van der Waals surface area contributed by atoms with Crippen LogP contribution in [-0.4, -0.2) is 24.9 Å². The van der Waals surface area contributed by atoms with E-state index in [0.29, 0.717) is 25.0 Å². The fourth-order valence-electron chi connectivity index (χ4n) is 2.45. The molecule has 0 saturated carbocycles. The number of methoxy groups -OCH3 is 1. The minimum atomic E-state index is -0.558. The van der Waals surface area contributed by atoms with Crippen LogP contribution >= 0.6 is 0 Å². The molecule has 1 saturated heterocycles. The fourth-order valence-corrected chi connectivity index (χ4v) is 2.45. The van der Waals surface area contributed by atoms with Gasteiger partial charge >= 0.3 is 0 Å². The van der Waals surface area contributed by atoms with Gasteiger partial charge in [0.25, 0.3) is 0 Å². The standard InChI is InChI=1S/C13H17FO3/c1-9-8-13(16-2,3-4-17-9)10-5-11(14)7-12(15)6-10/h5-7,9,15H,3-4,8H2,1-2H3/t9-,13+/m0/s1. The van der Waals surface area contributed by atoms with Crippen LogP contribution in [0.1, 0.15) is 25.3 Å². The average Bonchev–Trinajstić information content (AvgIpc) is 2.27. The maximum Gasteiger partial charge on any atom is 0.127 e. The third-order valence-corrected chi connectivity index (χ3v) is 3.32. The van der Waals surface area contributed by atoms with Crippen LogP contribution in [0.25, 0.3) is 0 Å². The first kappa shape index (κ1) is 12.3. The van der Waals surface area contributed by atoms with E-state index in [0.717, 1.165) is 6.07 Å². The third kappa shape index (κ3) is 2.42. The number of halogens is 1. The van der Waals surface area contributed by atoms with E-state index in [1.54, 1.807) is 13.2 Å². The van der Waals surface area contributed by atoms with Gasteiger partial charge in [-0.15, -0.1) is 0 Å². The van der Waals surface area contributed by atoms with Crippen molar-refractivity contribution in [2.24, 2.45) is 0 Å². The molecule has 1 aliphatic heterocycles. The molecule has 1 heterocycles. The molecule has 0 amide bonds. The number of benzene rings is 1. The molecule has 3 nitrogen and oxygen atoms in total. The van der Waals surface area contributed by atoms with Crippen molar-refractivity contribution in [2.45, 2.75) is 31.5 Å². The maximum absolute atomic E-state index is 13.3. The Balaban J connectivity index is 2.39. The summed E-state index contributed by atoms with van der Waals surface area (Å²) >= 11 is 0. The average molecular weight is 240 g/mol. The molecule has 4 heteroatoms. The summed E-state index contributed by atoms with van der Waals surface area (Å²) in [5, 5.41) is 9.47. The third-order valence-electron chi connectivity index (χ3n) is 3.32. The van der Waals surface area contributed by atoms with E-state index < -0.39 is 11.4 Å². The highest BCUT2D eigenvalue weighted by atomic mass is 19.1. The van der Waals surface area contributed by atoms with Crippen LogP contribution in [0.15, 0.2) is 18.2 Å². The van der Waals surface area contributed by atoms with E-state index >= 15 is 0 Å². The van der Waals surface area contributed by atoms with Crippen molar-refractivity contribution in [1.82, 2.24) is 0 Å². The Morgan fingerprint density at radius 1 is 1.47 bits per heavy atom. The van der Waals surface area contributed by atoms with Crippen molar-refractivity contribution in [3.8, 4) is 5.75 Å². The summed E-state index contributed by atoms with van der Waals surface area (Å²) < 4.78 is 24.4. The van der Waals surface area contributed by atoms with Crippen LogP contribution in [0.2, 0.25) is 0 Å². The second-order valence-electron chi connectivity index (χ2n) is 4.53. The van der Waals surface area contributed by atoms with E-state index in [1.807, 2.05) is 6.92 Å². The highest BCUT2D eigenvalue weighted by Gasteiger charge is 2.37. The van der Waals surface area contributed by atoms with Gasteiger partial charge in [0.1, 0.15) is 11.6 Å². The molecule has 2 atom stereocenters. The number of hydrogen-bond acceptors (Lipinski definition) is 3. The van der Waals surface area contributed by atoms with Gasteiger partial charge in [0.05, 0.1) is 18.3 Å². The zero-order valence-electron chi connectivity index (χ0n) is 10.1. The van der Waals surface area contributed by atoms with E-state index in [1.165, 1.54) is 6.07 Å². The van der Waals surface area contributed by atoms with Crippen molar-refractivity contribution in [3.63, 3.8) is 0 Å². The Labute approximate surface area is 100 Å². The molecular formula is C13H17FO3. The minimum Gasteiger partial charge on any atom is -0.508 e.